The lowest BCUT2D eigenvalue weighted by Crippen LogP contribution is -2.36. The second kappa shape index (κ2) is 7.97. The van der Waals surface area contributed by atoms with E-state index < -0.39 is 0 Å². The van der Waals surface area contributed by atoms with Gasteiger partial charge in [-0.1, -0.05) is 42.0 Å². The predicted molar refractivity (Wildman–Crippen MR) is 116 cm³/mol. The number of benzene rings is 2. The number of hydrogen-bond acceptors (Lipinski definition) is 5. The van der Waals surface area contributed by atoms with Gasteiger partial charge in [0.1, 0.15) is 5.71 Å². The fourth-order valence-electron chi connectivity index (χ4n) is 3.04. The van der Waals surface area contributed by atoms with Crippen LogP contribution in [0.3, 0.4) is 0 Å². The molecule has 1 aliphatic rings. The lowest BCUT2D eigenvalue weighted by molar-refractivity contribution is -0.118. The fraction of sp³-hybridized carbons (Fsp3) is 0.182. The van der Waals surface area contributed by atoms with E-state index in [0.717, 1.165) is 16.8 Å². The zero-order valence-corrected chi connectivity index (χ0v) is 17.0. The maximum atomic E-state index is 12.7. The van der Waals surface area contributed by atoms with Gasteiger partial charge in [-0.2, -0.15) is 5.10 Å². The average Bonchev–Trinajstić information content (AvgIpc) is 3.17. The highest BCUT2D eigenvalue weighted by Crippen LogP contribution is 2.26. The number of rotatable bonds is 4. The minimum absolute atomic E-state index is 0.122. The van der Waals surface area contributed by atoms with E-state index in [1.807, 2.05) is 67.8 Å². The topological polar surface area (TPSA) is 74.7 Å². The number of amides is 2. The van der Waals surface area contributed by atoms with Crippen molar-refractivity contribution in [2.24, 2.45) is 5.10 Å². The van der Waals surface area contributed by atoms with Crippen LogP contribution in [0.4, 0.5) is 10.8 Å². The van der Waals surface area contributed by atoms with Crippen LogP contribution in [-0.4, -0.2) is 22.5 Å². The van der Waals surface area contributed by atoms with Gasteiger partial charge in [-0.05, 0) is 31.5 Å². The molecule has 0 aliphatic carbocycles. The van der Waals surface area contributed by atoms with Crippen molar-refractivity contribution in [1.29, 1.82) is 0 Å². The van der Waals surface area contributed by atoms with Gasteiger partial charge in [-0.3, -0.25) is 14.9 Å². The van der Waals surface area contributed by atoms with Gasteiger partial charge in [0, 0.05) is 23.8 Å². The highest BCUT2D eigenvalue weighted by atomic mass is 32.1. The van der Waals surface area contributed by atoms with Crippen LogP contribution in [0.5, 0.6) is 0 Å². The first kappa shape index (κ1) is 19.0. The molecule has 0 unspecified atom stereocenters. The van der Waals surface area contributed by atoms with Crippen molar-refractivity contribution in [3.63, 3.8) is 0 Å². The van der Waals surface area contributed by atoms with Crippen LogP contribution in [0.2, 0.25) is 0 Å². The number of nitrogens with one attached hydrogen (secondary N) is 1. The Labute approximate surface area is 172 Å². The Morgan fingerprint density at radius 2 is 1.86 bits per heavy atom. The first-order chi connectivity index (χ1) is 14.0. The predicted octanol–water partition coefficient (Wildman–Crippen LogP) is 4.55. The van der Waals surface area contributed by atoms with Gasteiger partial charge in [-0.25, -0.2) is 9.99 Å². The van der Waals surface area contributed by atoms with Crippen molar-refractivity contribution in [2.75, 3.05) is 10.3 Å². The number of aryl methyl sites for hydroxylation is 2. The number of hydrogen-bond donors (Lipinski definition) is 1. The van der Waals surface area contributed by atoms with Crippen molar-refractivity contribution in [2.45, 2.75) is 26.7 Å². The molecular formula is C22H20N4O2S. The van der Waals surface area contributed by atoms with Crippen LogP contribution >= 0.6 is 11.3 Å². The molecular weight excluding hydrogens is 384 g/mol. The summed E-state index contributed by atoms with van der Waals surface area (Å²) in [4.78, 5) is 29.5. The van der Waals surface area contributed by atoms with Crippen molar-refractivity contribution >= 4 is 39.7 Å². The average molecular weight is 404 g/mol. The summed E-state index contributed by atoms with van der Waals surface area (Å²) < 4.78 is 0. The molecule has 0 radical (unpaired) electrons. The third kappa shape index (κ3) is 4.25. The zero-order valence-electron chi connectivity index (χ0n) is 16.2. The lowest BCUT2D eigenvalue weighted by Gasteiger charge is -2.23. The molecule has 0 spiro atoms. The summed E-state index contributed by atoms with van der Waals surface area (Å²) in [6.45, 7) is 3.98. The van der Waals surface area contributed by atoms with Crippen LogP contribution in [-0.2, 0) is 9.59 Å². The van der Waals surface area contributed by atoms with Crippen molar-refractivity contribution < 1.29 is 9.59 Å². The largest absolute Gasteiger partial charge is 0.297 e. The number of thiazole rings is 1. The second-order valence-corrected chi connectivity index (χ2v) is 7.81. The Balaban J connectivity index is 1.51. The highest BCUT2D eigenvalue weighted by Gasteiger charge is 2.26. The summed E-state index contributed by atoms with van der Waals surface area (Å²) in [5.74, 6) is -0.456. The van der Waals surface area contributed by atoms with E-state index in [9.17, 15) is 9.59 Å². The summed E-state index contributed by atoms with van der Waals surface area (Å²) >= 11 is 1.36. The van der Waals surface area contributed by atoms with Gasteiger partial charge in [-0.15, -0.1) is 11.3 Å². The minimum Gasteiger partial charge on any atom is -0.297 e. The van der Waals surface area contributed by atoms with E-state index in [1.54, 1.807) is 0 Å². The molecule has 1 N–H and O–H groups in total. The molecule has 0 fully saturated rings. The van der Waals surface area contributed by atoms with Crippen LogP contribution in [0.1, 0.15) is 24.0 Å². The van der Waals surface area contributed by atoms with E-state index >= 15 is 0 Å². The zero-order chi connectivity index (χ0) is 20.4. The number of carbonyl (C=O) groups excluding carboxylic acids is 2. The summed E-state index contributed by atoms with van der Waals surface area (Å²) in [6, 6.07) is 15.6. The summed E-state index contributed by atoms with van der Waals surface area (Å²) in [5.41, 5.74) is 4.99. The van der Waals surface area contributed by atoms with E-state index in [4.69, 9.17) is 0 Å². The number of carbonyl (C=O) groups is 2. The van der Waals surface area contributed by atoms with Crippen LogP contribution in [0.15, 0.2) is 59.0 Å². The molecule has 146 valence electrons. The standard InChI is InChI=1S/C22H20N4O2S/c1-14-6-8-16(9-7-14)19-13-29-22(23-19)24-21(28)18-10-11-20(27)26(25-18)17-5-3-4-15(2)12-17/h3-9,12-13H,10-11H2,1-2H3,(H,23,24,28). The Hall–Kier alpha value is -3.32. The molecule has 4 rings (SSSR count). The molecule has 1 aromatic heterocycles. The molecule has 0 bridgehead atoms. The summed E-state index contributed by atoms with van der Waals surface area (Å²) in [7, 11) is 0. The molecule has 29 heavy (non-hydrogen) atoms. The van der Waals surface area contributed by atoms with Crippen LogP contribution in [0.25, 0.3) is 11.3 Å². The molecule has 2 heterocycles. The van der Waals surface area contributed by atoms with Crippen molar-refractivity contribution in [3.05, 3.63) is 65.0 Å². The van der Waals surface area contributed by atoms with E-state index in [0.29, 0.717) is 23.0 Å². The lowest BCUT2D eigenvalue weighted by atomic mass is 10.1. The third-order valence-corrected chi connectivity index (χ3v) is 5.37. The minimum atomic E-state index is -0.333. The van der Waals surface area contributed by atoms with Crippen LogP contribution < -0.4 is 10.3 Å². The third-order valence-electron chi connectivity index (χ3n) is 4.61. The van der Waals surface area contributed by atoms with Crippen molar-refractivity contribution in [3.8, 4) is 11.3 Å². The Morgan fingerprint density at radius 3 is 2.62 bits per heavy atom. The van der Waals surface area contributed by atoms with E-state index in [2.05, 4.69) is 15.4 Å². The summed E-state index contributed by atoms with van der Waals surface area (Å²) in [5, 5.41) is 10.8. The molecule has 2 amide bonds. The summed E-state index contributed by atoms with van der Waals surface area (Å²) in [6.07, 6.45) is 0.551. The van der Waals surface area contributed by atoms with Crippen molar-refractivity contribution in [1.82, 2.24) is 4.98 Å². The number of nitrogens with zero attached hydrogens (tertiary/aromatic N) is 3. The quantitative estimate of drug-likeness (QED) is 0.693. The molecule has 0 saturated carbocycles. The monoisotopic (exact) mass is 404 g/mol. The maximum Gasteiger partial charge on any atom is 0.273 e. The molecule has 7 heteroatoms. The first-order valence-electron chi connectivity index (χ1n) is 9.30. The fourth-order valence-corrected chi connectivity index (χ4v) is 3.75. The molecule has 1 aliphatic heterocycles. The number of hydrazone groups is 1. The molecule has 3 aromatic rings. The van der Waals surface area contributed by atoms with E-state index in [1.165, 1.54) is 21.9 Å². The molecule has 0 saturated heterocycles. The number of anilines is 2. The highest BCUT2D eigenvalue weighted by molar-refractivity contribution is 7.14. The maximum absolute atomic E-state index is 12.7. The first-order valence-corrected chi connectivity index (χ1v) is 10.2. The van der Waals surface area contributed by atoms with Crippen LogP contribution in [0, 0.1) is 13.8 Å². The van der Waals surface area contributed by atoms with Gasteiger partial charge in [0.15, 0.2) is 5.13 Å². The SMILES string of the molecule is Cc1ccc(-c2csc(NC(=O)C3=NN(c4cccc(C)c4)C(=O)CC3)n2)cc1. The molecule has 2 aromatic carbocycles. The van der Waals surface area contributed by atoms with Gasteiger partial charge >= 0.3 is 0 Å². The normalized spacial score (nSPS) is 13.9. The van der Waals surface area contributed by atoms with Gasteiger partial charge in [0.05, 0.1) is 11.4 Å². The van der Waals surface area contributed by atoms with Gasteiger partial charge in [0.25, 0.3) is 5.91 Å². The van der Waals surface area contributed by atoms with E-state index in [-0.39, 0.29) is 18.2 Å². The second-order valence-electron chi connectivity index (χ2n) is 6.95. The Morgan fingerprint density at radius 1 is 1.07 bits per heavy atom. The Bertz CT molecular complexity index is 1100. The van der Waals surface area contributed by atoms with Gasteiger partial charge in [0.2, 0.25) is 5.91 Å². The van der Waals surface area contributed by atoms with Gasteiger partial charge < -0.3 is 0 Å². The Kier molecular flexibility index (Phi) is 5.22. The molecule has 0 atom stereocenters. The number of aromatic nitrogens is 1. The molecule has 6 nitrogen and oxygen atoms in total. The smallest absolute Gasteiger partial charge is 0.273 e.